The number of benzene rings is 2. The quantitative estimate of drug-likeness (QED) is 0.312. The lowest BCUT2D eigenvalue weighted by atomic mass is 9.76. The van der Waals surface area contributed by atoms with Gasteiger partial charge >= 0.3 is 5.97 Å². The number of aliphatic carboxylic acids is 1. The third-order valence-electron chi connectivity index (χ3n) is 5.62. The van der Waals surface area contributed by atoms with Crippen molar-refractivity contribution in [2.75, 3.05) is 0 Å². The van der Waals surface area contributed by atoms with E-state index >= 15 is 0 Å². The van der Waals surface area contributed by atoms with Crippen molar-refractivity contribution < 1.29 is 19.9 Å². The van der Waals surface area contributed by atoms with Crippen LogP contribution in [0.2, 0.25) is 0 Å². The molecule has 1 atom stereocenters. The van der Waals surface area contributed by atoms with Crippen LogP contribution in [0.1, 0.15) is 42.4 Å². The van der Waals surface area contributed by atoms with E-state index in [0.717, 1.165) is 42.4 Å². The lowest BCUT2D eigenvalue weighted by Crippen LogP contribution is -2.53. The number of amides is 1. The van der Waals surface area contributed by atoms with Gasteiger partial charge in [0.15, 0.2) is 0 Å². The average Bonchev–Trinajstić information content (AvgIpc) is 3.29. The number of hydroxylamine groups is 1. The van der Waals surface area contributed by atoms with Crippen molar-refractivity contribution in [1.29, 1.82) is 0 Å². The van der Waals surface area contributed by atoms with E-state index in [1.807, 2.05) is 54.6 Å². The van der Waals surface area contributed by atoms with Gasteiger partial charge in [-0.1, -0.05) is 67.4 Å². The summed E-state index contributed by atoms with van der Waals surface area (Å²) in [6.07, 6.45) is 6.72. The van der Waals surface area contributed by atoms with E-state index in [1.54, 1.807) is 11.6 Å². The van der Waals surface area contributed by atoms with Gasteiger partial charge in [0.25, 0.3) is 5.91 Å². The molecular formula is C23H26N2O4. The molecule has 1 aliphatic carbocycles. The van der Waals surface area contributed by atoms with Crippen molar-refractivity contribution in [1.82, 2.24) is 10.8 Å². The van der Waals surface area contributed by atoms with Crippen LogP contribution in [-0.4, -0.2) is 22.2 Å². The van der Waals surface area contributed by atoms with Crippen molar-refractivity contribution in [3.63, 3.8) is 0 Å². The van der Waals surface area contributed by atoms with E-state index in [1.165, 1.54) is 6.08 Å². The molecule has 6 heteroatoms. The number of hydrogen-bond acceptors (Lipinski definition) is 4. The molecule has 0 heterocycles. The maximum absolute atomic E-state index is 12.5. The standard InChI is InChI=1S/C23H26N2O4/c26-21(25-29)15-14-17-10-12-18(13-11-17)16-24-23(22(27)28,20-8-4-5-9-20)19-6-2-1-3-7-19/h1-3,6-7,10-15,20,24,29H,4-5,8-9,16H2,(H,25,26)(H,27,28)/b15-14+/t23-/m1/s1. The molecule has 29 heavy (non-hydrogen) atoms. The van der Waals surface area contributed by atoms with Crippen LogP contribution in [0.4, 0.5) is 0 Å². The monoisotopic (exact) mass is 394 g/mol. The van der Waals surface area contributed by atoms with E-state index in [0.29, 0.717) is 6.54 Å². The third-order valence-corrected chi connectivity index (χ3v) is 5.62. The minimum atomic E-state index is -1.12. The molecular weight excluding hydrogens is 368 g/mol. The van der Waals surface area contributed by atoms with E-state index in [9.17, 15) is 14.7 Å². The lowest BCUT2D eigenvalue weighted by molar-refractivity contribution is -0.148. The van der Waals surface area contributed by atoms with Crippen molar-refractivity contribution >= 4 is 18.0 Å². The van der Waals surface area contributed by atoms with Gasteiger partial charge in [0, 0.05) is 12.6 Å². The van der Waals surface area contributed by atoms with Gasteiger partial charge in [0.2, 0.25) is 0 Å². The van der Waals surface area contributed by atoms with E-state index in [4.69, 9.17) is 5.21 Å². The molecule has 0 spiro atoms. The Bertz CT molecular complexity index is 858. The number of carbonyl (C=O) groups excluding carboxylic acids is 1. The Labute approximate surface area is 170 Å². The molecule has 0 aliphatic heterocycles. The van der Waals surface area contributed by atoms with Gasteiger partial charge in [0.1, 0.15) is 5.54 Å². The Morgan fingerprint density at radius 3 is 2.28 bits per heavy atom. The summed E-state index contributed by atoms with van der Waals surface area (Å²) in [4.78, 5) is 23.6. The second-order valence-electron chi connectivity index (χ2n) is 7.37. The molecule has 3 rings (SSSR count). The summed E-state index contributed by atoms with van der Waals surface area (Å²) in [5, 5.41) is 22.2. The van der Waals surface area contributed by atoms with Crippen LogP contribution in [-0.2, 0) is 21.7 Å². The maximum atomic E-state index is 12.5. The van der Waals surface area contributed by atoms with Crippen molar-refractivity contribution in [2.24, 2.45) is 5.92 Å². The highest BCUT2D eigenvalue weighted by molar-refractivity contribution is 5.90. The number of carbonyl (C=O) groups is 2. The summed E-state index contributed by atoms with van der Waals surface area (Å²) < 4.78 is 0. The zero-order valence-electron chi connectivity index (χ0n) is 16.2. The molecule has 0 saturated heterocycles. The smallest absolute Gasteiger partial charge is 0.328 e. The Kier molecular flexibility index (Phi) is 6.80. The average molecular weight is 394 g/mol. The van der Waals surface area contributed by atoms with E-state index in [2.05, 4.69) is 5.32 Å². The molecule has 0 unspecified atom stereocenters. The number of nitrogens with one attached hydrogen (secondary N) is 2. The SMILES string of the molecule is O=C(/C=C/c1ccc(CN[C@](C(=O)O)(c2ccccc2)C2CCCC2)cc1)NO. The number of carboxylic acids is 1. The summed E-state index contributed by atoms with van der Waals surface area (Å²) in [5.41, 5.74) is 2.97. The van der Waals surface area contributed by atoms with Gasteiger partial charge in [0.05, 0.1) is 0 Å². The predicted octanol–water partition coefficient (Wildman–Crippen LogP) is 3.47. The Balaban J connectivity index is 1.81. The predicted molar refractivity (Wildman–Crippen MR) is 110 cm³/mol. The molecule has 0 radical (unpaired) electrons. The zero-order chi connectivity index (χ0) is 20.7. The Hall–Kier alpha value is -2.96. The van der Waals surface area contributed by atoms with Crippen LogP contribution < -0.4 is 10.8 Å². The molecule has 0 bridgehead atoms. The first-order valence-corrected chi connectivity index (χ1v) is 9.81. The van der Waals surface area contributed by atoms with Gasteiger partial charge in [-0.3, -0.25) is 15.3 Å². The van der Waals surface area contributed by atoms with Gasteiger partial charge in [-0.05, 0) is 41.5 Å². The van der Waals surface area contributed by atoms with Crippen LogP contribution in [0.25, 0.3) is 6.08 Å². The van der Waals surface area contributed by atoms with Crippen molar-refractivity contribution in [3.05, 3.63) is 77.4 Å². The largest absolute Gasteiger partial charge is 0.480 e. The minimum Gasteiger partial charge on any atom is -0.480 e. The van der Waals surface area contributed by atoms with Crippen LogP contribution in [0.3, 0.4) is 0 Å². The summed E-state index contributed by atoms with van der Waals surface area (Å²) in [6, 6.07) is 16.9. The normalized spacial score (nSPS) is 16.6. The van der Waals surface area contributed by atoms with Gasteiger partial charge in [-0.2, -0.15) is 0 Å². The van der Waals surface area contributed by atoms with Gasteiger partial charge in [-0.25, -0.2) is 10.3 Å². The summed E-state index contributed by atoms with van der Waals surface area (Å²) in [7, 11) is 0. The molecule has 152 valence electrons. The molecule has 1 amide bonds. The first-order chi connectivity index (χ1) is 14.1. The fourth-order valence-electron chi connectivity index (χ4n) is 4.11. The molecule has 1 fully saturated rings. The highest BCUT2D eigenvalue weighted by atomic mass is 16.5. The second-order valence-corrected chi connectivity index (χ2v) is 7.37. The Morgan fingerprint density at radius 1 is 1.03 bits per heavy atom. The molecule has 2 aromatic rings. The summed E-state index contributed by atoms with van der Waals surface area (Å²) in [5.74, 6) is -1.40. The topological polar surface area (TPSA) is 98.7 Å². The number of rotatable bonds is 8. The highest BCUT2D eigenvalue weighted by Gasteiger charge is 2.47. The van der Waals surface area contributed by atoms with Crippen LogP contribution in [0, 0.1) is 5.92 Å². The van der Waals surface area contributed by atoms with Crippen LogP contribution in [0.5, 0.6) is 0 Å². The van der Waals surface area contributed by atoms with Crippen molar-refractivity contribution in [2.45, 2.75) is 37.8 Å². The van der Waals surface area contributed by atoms with E-state index in [-0.39, 0.29) is 5.92 Å². The molecule has 4 N–H and O–H groups in total. The van der Waals surface area contributed by atoms with Crippen LogP contribution in [0.15, 0.2) is 60.7 Å². The van der Waals surface area contributed by atoms with E-state index < -0.39 is 17.4 Å². The molecule has 6 nitrogen and oxygen atoms in total. The number of hydrogen-bond donors (Lipinski definition) is 4. The summed E-state index contributed by atoms with van der Waals surface area (Å²) in [6.45, 7) is 0.415. The molecule has 0 aromatic heterocycles. The fourth-order valence-corrected chi connectivity index (χ4v) is 4.11. The Morgan fingerprint density at radius 2 is 1.69 bits per heavy atom. The zero-order valence-corrected chi connectivity index (χ0v) is 16.2. The van der Waals surface area contributed by atoms with Gasteiger partial charge in [-0.15, -0.1) is 0 Å². The van der Waals surface area contributed by atoms with Crippen molar-refractivity contribution in [3.8, 4) is 0 Å². The molecule has 1 saturated carbocycles. The number of carboxylic acid groups (broad SMARTS) is 1. The van der Waals surface area contributed by atoms with Gasteiger partial charge < -0.3 is 5.11 Å². The maximum Gasteiger partial charge on any atom is 0.328 e. The lowest BCUT2D eigenvalue weighted by Gasteiger charge is -2.37. The fraction of sp³-hybridized carbons (Fsp3) is 0.304. The third kappa shape index (κ3) is 4.72. The molecule has 2 aromatic carbocycles. The first kappa shape index (κ1) is 20.8. The highest BCUT2D eigenvalue weighted by Crippen LogP contribution is 2.41. The van der Waals surface area contributed by atoms with Crippen LogP contribution >= 0.6 is 0 Å². The summed E-state index contributed by atoms with van der Waals surface area (Å²) >= 11 is 0. The molecule has 1 aliphatic rings. The minimum absolute atomic E-state index is 0.0431. The second kappa shape index (κ2) is 9.49. The first-order valence-electron chi connectivity index (χ1n) is 9.81.